The standard InChI is InChI=1S/C14H13Cl2NOS/c1-17-13(11-5-12(15)19-14(11)16)8-2-3-9-6-18-7-10(9)4-8/h2-5,13,17H,6-7H2,1H3. The quantitative estimate of drug-likeness (QED) is 0.907. The summed E-state index contributed by atoms with van der Waals surface area (Å²) >= 11 is 13.7. The molecule has 19 heavy (non-hydrogen) atoms. The van der Waals surface area contributed by atoms with Gasteiger partial charge in [-0.2, -0.15) is 0 Å². The van der Waals surface area contributed by atoms with Gasteiger partial charge >= 0.3 is 0 Å². The minimum atomic E-state index is 0.0575. The van der Waals surface area contributed by atoms with Crippen LogP contribution in [0.15, 0.2) is 24.3 Å². The molecule has 1 atom stereocenters. The fourth-order valence-corrected chi connectivity index (χ4v) is 3.96. The van der Waals surface area contributed by atoms with Gasteiger partial charge in [0.15, 0.2) is 0 Å². The summed E-state index contributed by atoms with van der Waals surface area (Å²) in [6.07, 6.45) is 0. The van der Waals surface area contributed by atoms with Crippen LogP contribution in [0.25, 0.3) is 0 Å². The lowest BCUT2D eigenvalue weighted by Gasteiger charge is -2.17. The van der Waals surface area contributed by atoms with Crippen molar-refractivity contribution < 1.29 is 4.74 Å². The third kappa shape index (κ3) is 2.54. The van der Waals surface area contributed by atoms with Crippen LogP contribution in [0.4, 0.5) is 0 Å². The van der Waals surface area contributed by atoms with Crippen molar-refractivity contribution in [3.05, 3.63) is 55.2 Å². The average Bonchev–Trinajstić information content (AvgIpc) is 2.97. The molecule has 0 spiro atoms. The molecule has 0 amide bonds. The van der Waals surface area contributed by atoms with Crippen molar-refractivity contribution in [3.8, 4) is 0 Å². The Kier molecular flexibility index (Phi) is 3.83. The number of fused-ring (bicyclic) bond motifs is 1. The second kappa shape index (κ2) is 5.43. The molecule has 5 heteroatoms. The molecular weight excluding hydrogens is 301 g/mol. The van der Waals surface area contributed by atoms with E-state index in [0.29, 0.717) is 17.6 Å². The molecule has 3 rings (SSSR count). The summed E-state index contributed by atoms with van der Waals surface area (Å²) in [6.45, 7) is 1.41. The Morgan fingerprint density at radius 1 is 1.21 bits per heavy atom. The molecule has 0 saturated carbocycles. The van der Waals surface area contributed by atoms with Crippen LogP contribution < -0.4 is 5.32 Å². The summed E-state index contributed by atoms with van der Waals surface area (Å²) < 4.78 is 6.90. The molecule has 2 aromatic rings. The molecule has 2 heterocycles. The molecule has 1 aromatic heterocycles. The number of thiophene rings is 1. The minimum absolute atomic E-state index is 0.0575. The normalized spacial score (nSPS) is 15.5. The first-order valence-electron chi connectivity index (χ1n) is 6.00. The largest absolute Gasteiger partial charge is 0.372 e. The summed E-state index contributed by atoms with van der Waals surface area (Å²) in [5.74, 6) is 0. The van der Waals surface area contributed by atoms with Gasteiger partial charge < -0.3 is 10.1 Å². The van der Waals surface area contributed by atoms with Gasteiger partial charge in [0.05, 0.1) is 27.9 Å². The average molecular weight is 314 g/mol. The Hall–Kier alpha value is -0.580. The zero-order valence-corrected chi connectivity index (χ0v) is 12.7. The highest BCUT2D eigenvalue weighted by Crippen LogP contribution is 2.38. The number of halogens is 2. The van der Waals surface area contributed by atoms with Crippen molar-refractivity contribution in [1.29, 1.82) is 0 Å². The summed E-state index contributed by atoms with van der Waals surface area (Å²) in [5, 5.41) is 3.30. The first kappa shape index (κ1) is 13.4. The maximum absolute atomic E-state index is 6.26. The van der Waals surface area contributed by atoms with Crippen LogP contribution in [0.1, 0.15) is 28.3 Å². The molecular formula is C14H13Cl2NOS. The van der Waals surface area contributed by atoms with Crippen molar-refractivity contribution in [1.82, 2.24) is 5.32 Å². The molecule has 2 nitrogen and oxygen atoms in total. The molecule has 0 fully saturated rings. The molecule has 0 bridgehead atoms. The van der Waals surface area contributed by atoms with E-state index in [1.54, 1.807) is 0 Å². The van der Waals surface area contributed by atoms with Crippen LogP contribution in [0.5, 0.6) is 0 Å². The van der Waals surface area contributed by atoms with Gasteiger partial charge in [-0.15, -0.1) is 11.3 Å². The zero-order valence-electron chi connectivity index (χ0n) is 10.4. The van der Waals surface area contributed by atoms with Crippen LogP contribution in [-0.2, 0) is 18.0 Å². The first-order chi connectivity index (χ1) is 9.19. The van der Waals surface area contributed by atoms with Crippen molar-refractivity contribution >= 4 is 34.5 Å². The highest BCUT2D eigenvalue weighted by molar-refractivity contribution is 7.20. The van der Waals surface area contributed by atoms with Gasteiger partial charge in [0.2, 0.25) is 0 Å². The summed E-state index contributed by atoms with van der Waals surface area (Å²) in [7, 11) is 1.93. The third-order valence-corrected chi connectivity index (χ3v) is 4.88. The Balaban J connectivity index is 2.00. The van der Waals surface area contributed by atoms with E-state index in [4.69, 9.17) is 27.9 Å². The lowest BCUT2D eigenvalue weighted by atomic mass is 9.97. The molecule has 1 aromatic carbocycles. The van der Waals surface area contributed by atoms with Crippen molar-refractivity contribution in [2.75, 3.05) is 7.05 Å². The second-order valence-corrected chi connectivity index (χ2v) is 6.81. The highest BCUT2D eigenvalue weighted by atomic mass is 35.5. The Bertz CT molecular complexity index is 611. The van der Waals surface area contributed by atoms with E-state index >= 15 is 0 Å². The van der Waals surface area contributed by atoms with E-state index in [9.17, 15) is 0 Å². The molecule has 1 unspecified atom stereocenters. The van der Waals surface area contributed by atoms with Gasteiger partial charge in [-0.3, -0.25) is 0 Å². The van der Waals surface area contributed by atoms with Crippen LogP contribution >= 0.6 is 34.5 Å². The molecule has 1 aliphatic heterocycles. The number of benzene rings is 1. The number of hydrogen-bond acceptors (Lipinski definition) is 3. The van der Waals surface area contributed by atoms with Crippen molar-refractivity contribution in [2.24, 2.45) is 0 Å². The molecule has 0 saturated heterocycles. The van der Waals surface area contributed by atoms with E-state index in [1.807, 2.05) is 13.1 Å². The zero-order chi connectivity index (χ0) is 13.4. The van der Waals surface area contributed by atoms with Crippen molar-refractivity contribution in [2.45, 2.75) is 19.3 Å². The topological polar surface area (TPSA) is 21.3 Å². The summed E-state index contributed by atoms with van der Waals surface area (Å²) in [6, 6.07) is 8.42. The second-order valence-electron chi connectivity index (χ2n) is 4.52. The number of hydrogen-bond donors (Lipinski definition) is 1. The predicted octanol–water partition coefficient (Wildman–Crippen LogP) is 4.39. The Labute approximate surface area is 126 Å². The van der Waals surface area contributed by atoms with Crippen LogP contribution in [0.3, 0.4) is 0 Å². The number of nitrogens with one attached hydrogen (secondary N) is 1. The SMILES string of the molecule is CNC(c1ccc2c(c1)COC2)c1cc(Cl)sc1Cl. The smallest absolute Gasteiger partial charge is 0.0995 e. The number of rotatable bonds is 3. The van der Waals surface area contributed by atoms with Gasteiger partial charge in [-0.05, 0) is 29.8 Å². The number of ether oxygens (including phenoxy) is 1. The Morgan fingerprint density at radius 3 is 2.68 bits per heavy atom. The van der Waals surface area contributed by atoms with Gasteiger partial charge in [0, 0.05) is 5.56 Å². The molecule has 0 radical (unpaired) electrons. The molecule has 1 N–H and O–H groups in total. The van der Waals surface area contributed by atoms with Crippen LogP contribution in [0.2, 0.25) is 8.67 Å². The van der Waals surface area contributed by atoms with Crippen molar-refractivity contribution in [3.63, 3.8) is 0 Å². The Morgan fingerprint density at radius 2 is 2.00 bits per heavy atom. The monoisotopic (exact) mass is 313 g/mol. The van der Waals surface area contributed by atoms with Gasteiger partial charge in [-0.1, -0.05) is 41.4 Å². The lowest BCUT2D eigenvalue weighted by molar-refractivity contribution is 0.134. The lowest BCUT2D eigenvalue weighted by Crippen LogP contribution is -2.17. The molecule has 1 aliphatic rings. The summed E-state index contributed by atoms with van der Waals surface area (Å²) in [5.41, 5.74) is 4.74. The van der Waals surface area contributed by atoms with Gasteiger partial charge in [-0.25, -0.2) is 0 Å². The fraction of sp³-hybridized carbons (Fsp3) is 0.286. The van der Waals surface area contributed by atoms with Crippen LogP contribution in [-0.4, -0.2) is 7.05 Å². The van der Waals surface area contributed by atoms with Crippen LogP contribution in [0, 0.1) is 0 Å². The van der Waals surface area contributed by atoms with Gasteiger partial charge in [0.1, 0.15) is 0 Å². The fourth-order valence-electron chi connectivity index (χ4n) is 2.42. The van der Waals surface area contributed by atoms with Gasteiger partial charge in [0.25, 0.3) is 0 Å². The van der Waals surface area contributed by atoms with E-state index in [1.165, 1.54) is 28.0 Å². The maximum atomic E-state index is 6.26. The highest BCUT2D eigenvalue weighted by Gasteiger charge is 2.20. The molecule has 0 aliphatic carbocycles. The van der Waals surface area contributed by atoms with E-state index in [-0.39, 0.29) is 6.04 Å². The predicted molar refractivity (Wildman–Crippen MR) is 80.2 cm³/mol. The first-order valence-corrected chi connectivity index (χ1v) is 7.57. The third-order valence-electron chi connectivity index (χ3n) is 3.36. The minimum Gasteiger partial charge on any atom is -0.372 e. The molecule has 100 valence electrons. The van der Waals surface area contributed by atoms with E-state index in [2.05, 4.69) is 23.5 Å². The summed E-state index contributed by atoms with van der Waals surface area (Å²) in [4.78, 5) is 0. The van der Waals surface area contributed by atoms with E-state index in [0.717, 1.165) is 9.90 Å². The van der Waals surface area contributed by atoms with E-state index < -0.39 is 0 Å². The maximum Gasteiger partial charge on any atom is 0.0995 e.